The average molecular weight is 321 g/mol. The summed E-state index contributed by atoms with van der Waals surface area (Å²) in [6.45, 7) is 4.22. The Kier molecular flexibility index (Phi) is 5.41. The van der Waals surface area contributed by atoms with Gasteiger partial charge in [-0.1, -0.05) is 13.8 Å². The van der Waals surface area contributed by atoms with Crippen LogP contribution in [0.5, 0.6) is 0 Å². The van der Waals surface area contributed by atoms with Crippen molar-refractivity contribution in [2.45, 2.75) is 38.8 Å². The second kappa shape index (κ2) is 7.30. The molecule has 0 aliphatic carbocycles. The van der Waals surface area contributed by atoms with Crippen molar-refractivity contribution in [3.63, 3.8) is 0 Å². The lowest BCUT2D eigenvalue weighted by atomic mass is 10.0. The maximum Gasteiger partial charge on any atom is 0.287 e. The van der Waals surface area contributed by atoms with Gasteiger partial charge in [-0.05, 0) is 24.5 Å². The Hall–Kier alpha value is -2.31. The summed E-state index contributed by atoms with van der Waals surface area (Å²) in [4.78, 5) is 37.7. The van der Waals surface area contributed by atoms with Gasteiger partial charge in [0.1, 0.15) is 6.04 Å². The number of nitrogens with zero attached hydrogens (tertiary/aromatic N) is 1. The van der Waals surface area contributed by atoms with E-state index in [1.807, 2.05) is 13.8 Å². The van der Waals surface area contributed by atoms with E-state index in [0.717, 1.165) is 0 Å². The van der Waals surface area contributed by atoms with Crippen molar-refractivity contribution in [2.24, 2.45) is 5.92 Å². The standard InChI is InChI=1S/C16H23N3O4/c1-10(2)14(18-15(21)12-5-4-8-23-12)16(22)17-11-6-7-13(20)19(3)9-11/h4-5,8,10-11,14H,6-7,9H2,1-3H3,(H,17,22)(H,18,21)/t11-,14+/m1/s1. The van der Waals surface area contributed by atoms with Crippen molar-refractivity contribution >= 4 is 17.7 Å². The van der Waals surface area contributed by atoms with Crippen LogP contribution in [0.2, 0.25) is 0 Å². The van der Waals surface area contributed by atoms with Crippen molar-refractivity contribution in [2.75, 3.05) is 13.6 Å². The predicted molar refractivity (Wildman–Crippen MR) is 83.6 cm³/mol. The number of carbonyl (C=O) groups is 3. The fraction of sp³-hybridized carbons (Fsp3) is 0.562. The van der Waals surface area contributed by atoms with E-state index in [0.29, 0.717) is 19.4 Å². The number of furan rings is 1. The van der Waals surface area contributed by atoms with Crippen LogP contribution < -0.4 is 10.6 Å². The van der Waals surface area contributed by atoms with E-state index < -0.39 is 11.9 Å². The van der Waals surface area contributed by atoms with Gasteiger partial charge in [-0.15, -0.1) is 0 Å². The highest BCUT2D eigenvalue weighted by Crippen LogP contribution is 2.11. The van der Waals surface area contributed by atoms with Crippen molar-refractivity contribution < 1.29 is 18.8 Å². The molecule has 1 saturated heterocycles. The van der Waals surface area contributed by atoms with Crippen LogP contribution in [0.15, 0.2) is 22.8 Å². The number of likely N-dealkylation sites (N-methyl/N-ethyl adjacent to an activating group) is 1. The summed E-state index contributed by atoms with van der Waals surface area (Å²) < 4.78 is 5.04. The zero-order valence-electron chi connectivity index (χ0n) is 13.7. The highest BCUT2D eigenvalue weighted by molar-refractivity contribution is 5.95. The number of hydrogen-bond acceptors (Lipinski definition) is 4. The van der Waals surface area contributed by atoms with Crippen molar-refractivity contribution in [3.8, 4) is 0 Å². The molecule has 0 spiro atoms. The average Bonchev–Trinajstić information content (AvgIpc) is 3.02. The minimum atomic E-state index is -0.657. The number of piperidine rings is 1. The first kappa shape index (κ1) is 17.1. The lowest BCUT2D eigenvalue weighted by Gasteiger charge is -2.32. The highest BCUT2D eigenvalue weighted by atomic mass is 16.3. The molecule has 0 bridgehead atoms. The first-order chi connectivity index (χ1) is 10.9. The zero-order chi connectivity index (χ0) is 17.0. The molecule has 2 atom stereocenters. The topological polar surface area (TPSA) is 91.6 Å². The summed E-state index contributed by atoms with van der Waals surface area (Å²) in [5, 5.41) is 5.63. The lowest BCUT2D eigenvalue weighted by molar-refractivity contribution is -0.134. The molecule has 0 radical (unpaired) electrons. The van der Waals surface area contributed by atoms with Gasteiger partial charge in [0.15, 0.2) is 5.76 Å². The molecule has 2 N–H and O–H groups in total. The van der Waals surface area contributed by atoms with Crippen molar-refractivity contribution in [3.05, 3.63) is 24.2 Å². The van der Waals surface area contributed by atoms with E-state index in [1.165, 1.54) is 6.26 Å². The van der Waals surface area contributed by atoms with Crippen LogP contribution >= 0.6 is 0 Å². The first-order valence-electron chi connectivity index (χ1n) is 7.77. The minimum absolute atomic E-state index is 0.0723. The van der Waals surface area contributed by atoms with Gasteiger partial charge in [-0.2, -0.15) is 0 Å². The maximum absolute atomic E-state index is 12.5. The number of nitrogens with one attached hydrogen (secondary N) is 2. The molecule has 7 heteroatoms. The van der Waals surface area contributed by atoms with E-state index in [9.17, 15) is 14.4 Å². The van der Waals surface area contributed by atoms with Crippen LogP contribution in [-0.2, 0) is 9.59 Å². The van der Waals surface area contributed by atoms with E-state index >= 15 is 0 Å². The fourth-order valence-electron chi connectivity index (χ4n) is 2.58. The second-order valence-corrected chi connectivity index (χ2v) is 6.19. The summed E-state index contributed by atoms with van der Waals surface area (Å²) in [5.74, 6) is -0.474. The highest BCUT2D eigenvalue weighted by Gasteiger charge is 2.29. The van der Waals surface area contributed by atoms with Gasteiger partial charge < -0.3 is 20.0 Å². The van der Waals surface area contributed by atoms with E-state index in [1.54, 1.807) is 24.1 Å². The van der Waals surface area contributed by atoms with Gasteiger partial charge >= 0.3 is 0 Å². The maximum atomic E-state index is 12.5. The number of amides is 3. The summed E-state index contributed by atoms with van der Waals surface area (Å²) in [6, 6.07) is 2.42. The Balaban J connectivity index is 1.96. The molecule has 1 aromatic heterocycles. The fourth-order valence-corrected chi connectivity index (χ4v) is 2.58. The summed E-state index contributed by atoms with van der Waals surface area (Å²) in [5.41, 5.74) is 0. The Labute approximate surface area is 135 Å². The molecule has 7 nitrogen and oxygen atoms in total. The van der Waals surface area contributed by atoms with Crippen LogP contribution in [0.3, 0.4) is 0 Å². The second-order valence-electron chi connectivity index (χ2n) is 6.19. The van der Waals surface area contributed by atoms with Crippen molar-refractivity contribution in [1.29, 1.82) is 0 Å². The van der Waals surface area contributed by atoms with E-state index in [2.05, 4.69) is 10.6 Å². The number of carbonyl (C=O) groups excluding carboxylic acids is 3. The summed E-state index contributed by atoms with van der Waals surface area (Å²) in [6.07, 6.45) is 2.45. The predicted octanol–water partition coefficient (Wildman–Crippen LogP) is 0.771. The molecule has 0 aromatic carbocycles. The van der Waals surface area contributed by atoms with Gasteiger partial charge in [-0.25, -0.2) is 0 Å². The quantitative estimate of drug-likeness (QED) is 0.838. The Bertz CT molecular complexity index is 568. The molecule has 2 heterocycles. The third-order valence-electron chi connectivity index (χ3n) is 3.95. The molecule has 0 unspecified atom stereocenters. The largest absolute Gasteiger partial charge is 0.459 e. The minimum Gasteiger partial charge on any atom is -0.459 e. The molecule has 2 rings (SSSR count). The van der Waals surface area contributed by atoms with Gasteiger partial charge in [0.25, 0.3) is 5.91 Å². The number of likely N-dealkylation sites (tertiary alicyclic amines) is 1. The number of hydrogen-bond donors (Lipinski definition) is 2. The normalized spacial score (nSPS) is 19.6. The molecule has 1 aromatic rings. The van der Waals surface area contributed by atoms with Crippen molar-refractivity contribution in [1.82, 2.24) is 15.5 Å². The van der Waals surface area contributed by atoms with Crippen LogP contribution in [0.4, 0.5) is 0 Å². The van der Waals surface area contributed by atoms with E-state index in [-0.39, 0.29) is 29.5 Å². The third kappa shape index (κ3) is 4.34. The van der Waals surface area contributed by atoms with Gasteiger partial charge in [0, 0.05) is 26.1 Å². The Morgan fingerprint density at radius 2 is 2.13 bits per heavy atom. The smallest absolute Gasteiger partial charge is 0.287 e. The molecule has 0 saturated carbocycles. The molecule has 126 valence electrons. The third-order valence-corrected chi connectivity index (χ3v) is 3.95. The molecule has 1 fully saturated rings. The summed E-state index contributed by atoms with van der Waals surface area (Å²) in [7, 11) is 1.72. The van der Waals surface area contributed by atoms with Gasteiger partial charge in [0.05, 0.1) is 6.26 Å². The van der Waals surface area contributed by atoms with Crippen LogP contribution in [-0.4, -0.2) is 48.3 Å². The van der Waals surface area contributed by atoms with Gasteiger partial charge in [-0.3, -0.25) is 14.4 Å². The lowest BCUT2D eigenvalue weighted by Crippen LogP contribution is -2.55. The molecule has 1 aliphatic rings. The molecular formula is C16H23N3O4. The monoisotopic (exact) mass is 321 g/mol. The first-order valence-corrected chi connectivity index (χ1v) is 7.77. The molecule has 3 amide bonds. The summed E-state index contributed by atoms with van der Waals surface area (Å²) >= 11 is 0. The molecule has 23 heavy (non-hydrogen) atoms. The molecular weight excluding hydrogens is 298 g/mol. The SMILES string of the molecule is CC(C)[C@H](NC(=O)c1ccco1)C(=O)N[C@@H]1CCC(=O)N(C)C1. The zero-order valence-corrected chi connectivity index (χ0v) is 13.7. The van der Waals surface area contributed by atoms with Crippen LogP contribution in [0.1, 0.15) is 37.2 Å². The van der Waals surface area contributed by atoms with Crippen LogP contribution in [0.25, 0.3) is 0 Å². The number of rotatable bonds is 5. The Morgan fingerprint density at radius 3 is 2.70 bits per heavy atom. The van der Waals surface area contributed by atoms with E-state index in [4.69, 9.17) is 4.42 Å². The Morgan fingerprint density at radius 1 is 1.39 bits per heavy atom. The van der Waals surface area contributed by atoms with Crippen LogP contribution in [0, 0.1) is 5.92 Å². The molecule has 1 aliphatic heterocycles. The van der Waals surface area contributed by atoms with Gasteiger partial charge in [0.2, 0.25) is 11.8 Å².